The minimum atomic E-state index is -2.10. The van der Waals surface area contributed by atoms with Crippen molar-refractivity contribution in [2.45, 2.75) is 44.1 Å². The van der Waals surface area contributed by atoms with Crippen LogP contribution in [0.2, 0.25) is 0 Å². The summed E-state index contributed by atoms with van der Waals surface area (Å²) in [6.45, 7) is 0.196. The first-order valence-corrected chi connectivity index (χ1v) is 10.2. The Hall–Kier alpha value is -3.13. The van der Waals surface area contributed by atoms with Crippen LogP contribution in [0.1, 0.15) is 36.8 Å². The Morgan fingerprint density at radius 2 is 1.84 bits per heavy atom. The van der Waals surface area contributed by atoms with Crippen LogP contribution < -0.4 is 10.2 Å². The number of halogens is 2. The Morgan fingerprint density at radius 3 is 2.58 bits per heavy atom. The van der Waals surface area contributed by atoms with Crippen LogP contribution in [-0.4, -0.2) is 34.8 Å². The van der Waals surface area contributed by atoms with Crippen molar-refractivity contribution in [3.63, 3.8) is 0 Å². The highest BCUT2D eigenvalue weighted by atomic mass is 19.1. The first kappa shape index (κ1) is 21.1. The molecule has 0 aromatic heterocycles. The fourth-order valence-electron chi connectivity index (χ4n) is 4.16. The van der Waals surface area contributed by atoms with Crippen molar-refractivity contribution in [3.8, 4) is 0 Å². The van der Waals surface area contributed by atoms with E-state index in [1.54, 1.807) is 18.2 Å². The highest BCUT2D eigenvalue weighted by Crippen LogP contribution is 2.33. The van der Waals surface area contributed by atoms with Gasteiger partial charge < -0.3 is 15.3 Å². The highest BCUT2D eigenvalue weighted by Gasteiger charge is 2.50. The molecule has 0 bridgehead atoms. The maximum atomic E-state index is 13.3. The first-order valence-electron chi connectivity index (χ1n) is 10.2. The van der Waals surface area contributed by atoms with Gasteiger partial charge >= 0.3 is 0 Å². The van der Waals surface area contributed by atoms with Gasteiger partial charge in [-0.15, -0.1) is 0 Å². The van der Waals surface area contributed by atoms with Gasteiger partial charge in [0.1, 0.15) is 11.6 Å². The summed E-state index contributed by atoms with van der Waals surface area (Å²) >= 11 is 0. The lowest BCUT2D eigenvalue weighted by molar-refractivity contribution is -0.147. The number of ketones is 1. The molecule has 2 heterocycles. The van der Waals surface area contributed by atoms with Crippen LogP contribution >= 0.6 is 0 Å². The van der Waals surface area contributed by atoms with Gasteiger partial charge in [0.2, 0.25) is 11.5 Å². The van der Waals surface area contributed by atoms with E-state index in [0.717, 1.165) is 11.6 Å². The maximum absolute atomic E-state index is 13.3. The largest absolute Gasteiger partial charge is 0.373 e. The zero-order valence-corrected chi connectivity index (χ0v) is 16.8. The van der Waals surface area contributed by atoms with Crippen LogP contribution in [0.3, 0.4) is 0 Å². The molecule has 0 unspecified atom stereocenters. The first-order chi connectivity index (χ1) is 14.8. The standard InChI is InChI=1S/C23H22F2N2O4/c24-16-10-14(11-17(25)13-16)2-1-3-20(28)23(31)8-9-27(22(23)30)18-5-6-19-15(12-18)4-7-21(29)26-19/h5-6,10-13,31H,1-4,7-9H2,(H,26,29)/t23-/m0/s1. The number of rotatable bonds is 6. The number of hydrogen-bond donors (Lipinski definition) is 2. The predicted molar refractivity (Wildman–Crippen MR) is 110 cm³/mol. The molecule has 4 rings (SSSR count). The fourth-order valence-corrected chi connectivity index (χ4v) is 4.16. The Labute approximate surface area is 177 Å². The third kappa shape index (κ3) is 4.20. The molecule has 6 nitrogen and oxygen atoms in total. The molecule has 2 N–H and O–H groups in total. The van der Waals surface area contributed by atoms with Crippen molar-refractivity contribution in [2.24, 2.45) is 0 Å². The molecule has 0 saturated carbocycles. The molecule has 8 heteroatoms. The Bertz CT molecular complexity index is 1050. The molecule has 31 heavy (non-hydrogen) atoms. The number of carbonyl (C=O) groups excluding carboxylic acids is 3. The van der Waals surface area contributed by atoms with E-state index in [-0.39, 0.29) is 38.1 Å². The molecule has 1 atom stereocenters. The zero-order valence-electron chi connectivity index (χ0n) is 16.8. The molecule has 1 saturated heterocycles. The van der Waals surface area contributed by atoms with Crippen molar-refractivity contribution in [1.29, 1.82) is 0 Å². The third-order valence-corrected chi connectivity index (χ3v) is 5.85. The number of nitrogens with one attached hydrogen (secondary N) is 1. The maximum Gasteiger partial charge on any atom is 0.266 e. The molecule has 0 radical (unpaired) electrons. The lowest BCUT2D eigenvalue weighted by Crippen LogP contribution is -2.46. The number of hydrogen-bond acceptors (Lipinski definition) is 4. The van der Waals surface area contributed by atoms with Gasteiger partial charge in [-0.2, -0.15) is 0 Å². The molecule has 1 fully saturated rings. The van der Waals surface area contributed by atoms with Crippen LogP contribution in [0.4, 0.5) is 20.2 Å². The van der Waals surface area contributed by atoms with Crippen LogP contribution in [0.5, 0.6) is 0 Å². The second-order valence-corrected chi connectivity index (χ2v) is 8.01. The van der Waals surface area contributed by atoms with Gasteiger partial charge in [0.15, 0.2) is 5.78 Å². The molecular weight excluding hydrogens is 406 g/mol. The van der Waals surface area contributed by atoms with Crippen LogP contribution in [0.25, 0.3) is 0 Å². The summed E-state index contributed by atoms with van der Waals surface area (Å²) in [4.78, 5) is 38.4. The van der Waals surface area contributed by atoms with Crippen molar-refractivity contribution in [2.75, 3.05) is 16.8 Å². The molecule has 2 aromatic rings. The fraction of sp³-hybridized carbons (Fsp3) is 0.348. The normalized spacial score (nSPS) is 20.5. The second-order valence-electron chi connectivity index (χ2n) is 8.01. The number of Topliss-reactive ketones (excluding diaryl/α,β-unsaturated/α-hetero) is 1. The number of benzene rings is 2. The Balaban J connectivity index is 1.41. The average Bonchev–Trinajstić information content (AvgIpc) is 3.03. The van der Waals surface area contributed by atoms with Crippen LogP contribution in [0.15, 0.2) is 36.4 Å². The quantitative estimate of drug-likeness (QED) is 0.693. The molecular formula is C23H22F2N2O4. The van der Waals surface area contributed by atoms with Crippen molar-refractivity contribution >= 4 is 29.0 Å². The van der Waals surface area contributed by atoms with E-state index in [1.165, 1.54) is 17.0 Å². The number of amides is 2. The molecule has 2 aliphatic heterocycles. The number of nitrogens with zero attached hydrogens (tertiary/aromatic N) is 1. The summed E-state index contributed by atoms with van der Waals surface area (Å²) in [5.41, 5.74) is 0.481. The van der Waals surface area contributed by atoms with Crippen molar-refractivity contribution in [1.82, 2.24) is 0 Å². The van der Waals surface area contributed by atoms with E-state index in [1.807, 2.05) is 0 Å². The van der Waals surface area contributed by atoms with E-state index in [4.69, 9.17) is 0 Å². The number of aryl methyl sites for hydroxylation is 2. The van der Waals surface area contributed by atoms with E-state index < -0.39 is 28.9 Å². The zero-order chi connectivity index (χ0) is 22.2. The van der Waals surface area contributed by atoms with Gasteiger partial charge in [0.05, 0.1) is 0 Å². The van der Waals surface area contributed by atoms with Gasteiger partial charge in [0.25, 0.3) is 5.91 Å². The molecule has 2 amide bonds. The minimum Gasteiger partial charge on any atom is -0.373 e. The van der Waals surface area contributed by atoms with Crippen molar-refractivity contribution < 1.29 is 28.3 Å². The number of carbonyl (C=O) groups is 3. The predicted octanol–water partition coefficient (Wildman–Crippen LogP) is 2.91. The van der Waals surface area contributed by atoms with E-state index in [0.29, 0.717) is 29.8 Å². The summed E-state index contributed by atoms with van der Waals surface area (Å²) < 4.78 is 26.6. The van der Waals surface area contributed by atoms with Gasteiger partial charge in [-0.1, -0.05) is 0 Å². The molecule has 2 aliphatic rings. The smallest absolute Gasteiger partial charge is 0.266 e. The number of fused-ring (bicyclic) bond motifs is 1. The number of aliphatic hydroxyl groups is 1. The lowest BCUT2D eigenvalue weighted by atomic mass is 9.92. The summed E-state index contributed by atoms with van der Waals surface area (Å²) in [5.74, 6) is -2.70. The molecule has 162 valence electrons. The van der Waals surface area contributed by atoms with Gasteiger partial charge in [-0.25, -0.2) is 8.78 Å². The topological polar surface area (TPSA) is 86.7 Å². The third-order valence-electron chi connectivity index (χ3n) is 5.85. The molecule has 2 aromatic carbocycles. The SMILES string of the molecule is O=C1CCc2cc(N3CC[C@](O)(C(=O)CCCc4cc(F)cc(F)c4)C3=O)ccc2N1. The summed E-state index contributed by atoms with van der Waals surface area (Å²) in [6.07, 6.45) is 1.33. The monoisotopic (exact) mass is 428 g/mol. The van der Waals surface area contributed by atoms with Gasteiger partial charge in [-0.05, 0) is 60.7 Å². The van der Waals surface area contributed by atoms with E-state index >= 15 is 0 Å². The Morgan fingerprint density at radius 1 is 1.10 bits per heavy atom. The molecule has 0 spiro atoms. The van der Waals surface area contributed by atoms with E-state index in [9.17, 15) is 28.3 Å². The highest BCUT2D eigenvalue weighted by molar-refractivity contribution is 6.17. The van der Waals surface area contributed by atoms with Gasteiger partial charge in [0, 0.05) is 43.2 Å². The van der Waals surface area contributed by atoms with Crippen LogP contribution in [0, 0.1) is 11.6 Å². The van der Waals surface area contributed by atoms with Crippen molar-refractivity contribution in [3.05, 3.63) is 59.2 Å². The minimum absolute atomic E-state index is 0.0208. The van der Waals surface area contributed by atoms with Crippen LogP contribution in [-0.2, 0) is 27.2 Å². The average molecular weight is 428 g/mol. The summed E-state index contributed by atoms with van der Waals surface area (Å²) in [6, 6.07) is 8.36. The van der Waals surface area contributed by atoms with Gasteiger partial charge in [-0.3, -0.25) is 14.4 Å². The summed E-state index contributed by atoms with van der Waals surface area (Å²) in [5, 5.41) is 13.6. The Kier molecular flexibility index (Phi) is 5.58. The second kappa shape index (κ2) is 8.19. The lowest BCUT2D eigenvalue weighted by Gasteiger charge is -2.23. The summed E-state index contributed by atoms with van der Waals surface area (Å²) in [7, 11) is 0. The molecule has 0 aliphatic carbocycles. The van der Waals surface area contributed by atoms with E-state index in [2.05, 4.69) is 5.32 Å². The number of anilines is 2.